The van der Waals surface area contributed by atoms with Crippen molar-refractivity contribution in [1.82, 2.24) is 0 Å². The third-order valence-electron chi connectivity index (χ3n) is 0.243. The quantitative estimate of drug-likeness (QED) is 0.352. The second kappa shape index (κ2) is 9.21. The van der Waals surface area contributed by atoms with Crippen molar-refractivity contribution in [2.45, 2.75) is 6.18 Å². The van der Waals surface area contributed by atoms with Gasteiger partial charge in [0.2, 0.25) is 0 Å². The molecule has 90 valence electrons. The molecule has 0 aliphatic carbocycles. The van der Waals surface area contributed by atoms with Gasteiger partial charge in [0, 0.05) is 0 Å². The van der Waals surface area contributed by atoms with Crippen LogP contribution in [0, 0.1) is 0 Å². The second-order valence-electron chi connectivity index (χ2n) is 1.61. The van der Waals surface area contributed by atoms with Gasteiger partial charge in [0.1, 0.15) is 0 Å². The summed E-state index contributed by atoms with van der Waals surface area (Å²) >= 11 is 8.19. The molecule has 0 unspecified atom stereocenters. The minimum atomic E-state index is -5.08. The zero-order valence-corrected chi connectivity index (χ0v) is 8.75. The Bertz CT molecular complexity index is 212. The molecule has 0 heterocycles. The molecular formula is C4H9F3N4O2S2. The average molecular weight is 266 g/mol. The second-order valence-corrected chi connectivity index (χ2v) is 2.55. The van der Waals surface area contributed by atoms with E-state index in [1.54, 1.807) is 0 Å². The highest BCUT2D eigenvalue weighted by atomic mass is 32.1. The number of halogens is 3. The number of nitrogens with two attached hydrogens (primary N) is 4. The van der Waals surface area contributed by atoms with Gasteiger partial charge in [0.25, 0.3) is 0 Å². The largest absolute Gasteiger partial charge is 0.490 e. The Kier molecular flexibility index (Phi) is 11.8. The van der Waals surface area contributed by atoms with E-state index in [2.05, 4.69) is 47.4 Å². The summed E-state index contributed by atoms with van der Waals surface area (Å²) in [6.07, 6.45) is -5.08. The van der Waals surface area contributed by atoms with Crippen LogP contribution in [0.15, 0.2) is 0 Å². The van der Waals surface area contributed by atoms with E-state index < -0.39 is 12.1 Å². The van der Waals surface area contributed by atoms with Crippen molar-refractivity contribution in [2.24, 2.45) is 22.9 Å². The molecule has 6 nitrogen and oxygen atoms in total. The van der Waals surface area contributed by atoms with Crippen LogP contribution >= 0.6 is 24.4 Å². The number of hydrogen-bond acceptors (Lipinski definition) is 3. The maximum atomic E-state index is 10.6. The molecule has 0 bridgehead atoms. The van der Waals surface area contributed by atoms with E-state index in [-0.39, 0.29) is 10.2 Å². The van der Waals surface area contributed by atoms with Crippen LogP contribution in [0.1, 0.15) is 0 Å². The summed E-state index contributed by atoms with van der Waals surface area (Å²) in [6.45, 7) is 0. The van der Waals surface area contributed by atoms with Crippen molar-refractivity contribution < 1.29 is 23.1 Å². The van der Waals surface area contributed by atoms with Crippen LogP contribution in [-0.4, -0.2) is 27.5 Å². The van der Waals surface area contributed by atoms with Crippen LogP contribution in [-0.2, 0) is 4.79 Å². The molecule has 15 heavy (non-hydrogen) atoms. The number of thiocarbonyl (C=S) groups is 2. The normalized spacial score (nSPS) is 8.47. The number of carbonyl (C=O) groups is 1. The van der Waals surface area contributed by atoms with E-state index in [9.17, 15) is 13.2 Å². The van der Waals surface area contributed by atoms with Gasteiger partial charge < -0.3 is 28.0 Å². The summed E-state index contributed by atoms with van der Waals surface area (Å²) in [4.78, 5) is 8.90. The van der Waals surface area contributed by atoms with Crippen molar-refractivity contribution in [2.75, 3.05) is 0 Å². The van der Waals surface area contributed by atoms with Gasteiger partial charge in [0.05, 0.1) is 0 Å². The van der Waals surface area contributed by atoms with Crippen LogP contribution in [0.3, 0.4) is 0 Å². The third kappa shape index (κ3) is 66.5. The summed E-state index contributed by atoms with van der Waals surface area (Å²) < 4.78 is 31.7. The van der Waals surface area contributed by atoms with Crippen LogP contribution in [0.25, 0.3) is 0 Å². The number of carboxylic acid groups (broad SMARTS) is 1. The monoisotopic (exact) mass is 266 g/mol. The van der Waals surface area contributed by atoms with Crippen LogP contribution in [0.5, 0.6) is 0 Å². The SMILES string of the molecule is NC(N)=S.NC(N)=S.O=C(O)C(F)(F)F. The summed E-state index contributed by atoms with van der Waals surface area (Å²) in [7, 11) is 0. The summed E-state index contributed by atoms with van der Waals surface area (Å²) in [5.41, 5.74) is 18.5. The van der Waals surface area contributed by atoms with Gasteiger partial charge in [-0.15, -0.1) is 0 Å². The van der Waals surface area contributed by atoms with E-state index in [0.717, 1.165) is 0 Å². The van der Waals surface area contributed by atoms with Gasteiger partial charge in [-0.05, 0) is 24.4 Å². The lowest BCUT2D eigenvalue weighted by molar-refractivity contribution is -0.192. The van der Waals surface area contributed by atoms with E-state index in [4.69, 9.17) is 9.90 Å². The topological polar surface area (TPSA) is 141 Å². The number of carboxylic acids is 1. The predicted octanol–water partition coefficient (Wildman–Crippen LogP) is -0.989. The molecule has 0 radical (unpaired) electrons. The molecule has 0 aromatic carbocycles. The number of hydrogen-bond donors (Lipinski definition) is 5. The molecule has 0 aromatic heterocycles. The Morgan fingerprint density at radius 2 is 1.07 bits per heavy atom. The molecule has 0 spiro atoms. The molecule has 0 aliphatic rings. The lowest BCUT2D eigenvalue weighted by atomic mass is 10.7. The van der Waals surface area contributed by atoms with Crippen molar-refractivity contribution in [3.05, 3.63) is 0 Å². The molecule has 11 heteroatoms. The fourth-order valence-corrected chi connectivity index (χ4v) is 0. The molecule has 0 aromatic rings. The molecule has 0 saturated carbocycles. The Hall–Kier alpha value is -1.36. The van der Waals surface area contributed by atoms with Gasteiger partial charge in [-0.1, -0.05) is 0 Å². The van der Waals surface area contributed by atoms with E-state index in [1.807, 2.05) is 0 Å². The van der Waals surface area contributed by atoms with Gasteiger partial charge in [0.15, 0.2) is 10.2 Å². The molecule has 0 amide bonds. The molecular weight excluding hydrogens is 257 g/mol. The highest BCUT2D eigenvalue weighted by Gasteiger charge is 2.38. The molecule has 0 aliphatic heterocycles. The molecule has 0 fully saturated rings. The first-order chi connectivity index (χ1) is 6.41. The summed E-state index contributed by atoms with van der Waals surface area (Å²) in [6, 6.07) is 0. The van der Waals surface area contributed by atoms with E-state index in [0.29, 0.717) is 0 Å². The zero-order valence-electron chi connectivity index (χ0n) is 7.12. The van der Waals surface area contributed by atoms with E-state index >= 15 is 0 Å². The first-order valence-electron chi connectivity index (χ1n) is 2.81. The van der Waals surface area contributed by atoms with Crippen molar-refractivity contribution in [3.63, 3.8) is 0 Å². The molecule has 0 rings (SSSR count). The fourth-order valence-electron chi connectivity index (χ4n) is 0. The van der Waals surface area contributed by atoms with Gasteiger partial charge in [-0.2, -0.15) is 13.2 Å². The maximum Gasteiger partial charge on any atom is 0.490 e. The Morgan fingerprint density at radius 3 is 1.07 bits per heavy atom. The lowest BCUT2D eigenvalue weighted by Crippen LogP contribution is -2.21. The van der Waals surface area contributed by atoms with Gasteiger partial charge >= 0.3 is 12.1 Å². The average Bonchev–Trinajstić information content (AvgIpc) is 1.80. The minimum absolute atomic E-state index is 0.000000000000000222. The summed E-state index contributed by atoms with van der Waals surface area (Å²) in [5, 5.41) is 7.12. The number of rotatable bonds is 0. The zero-order chi connectivity index (χ0) is 13.2. The number of aliphatic carboxylic acids is 1. The first kappa shape index (κ1) is 19.2. The lowest BCUT2D eigenvalue weighted by Gasteiger charge is -1.93. The fraction of sp³-hybridized carbons (Fsp3) is 0.250. The van der Waals surface area contributed by atoms with Crippen molar-refractivity contribution in [1.29, 1.82) is 0 Å². The van der Waals surface area contributed by atoms with Gasteiger partial charge in [-0.25, -0.2) is 4.79 Å². The highest BCUT2D eigenvalue weighted by molar-refractivity contribution is 7.80. The standard InChI is InChI=1S/C2HF3O2.2CH4N2S/c3-2(4,5)1(6)7;2*2-1(3)4/h(H,6,7);2*(H4,2,3,4). The molecule has 0 saturated heterocycles. The van der Waals surface area contributed by atoms with Crippen molar-refractivity contribution >= 4 is 40.6 Å². The van der Waals surface area contributed by atoms with Gasteiger partial charge in [-0.3, -0.25) is 0 Å². The third-order valence-corrected chi connectivity index (χ3v) is 0.243. The predicted molar refractivity (Wildman–Crippen MR) is 55.6 cm³/mol. The smallest absolute Gasteiger partial charge is 0.475 e. The van der Waals surface area contributed by atoms with Crippen LogP contribution < -0.4 is 22.9 Å². The highest BCUT2D eigenvalue weighted by Crippen LogP contribution is 2.13. The van der Waals surface area contributed by atoms with Crippen molar-refractivity contribution in [3.8, 4) is 0 Å². The summed E-state index contributed by atoms with van der Waals surface area (Å²) in [5.74, 6) is -2.76. The Balaban J connectivity index is -0.000000155. The first-order valence-corrected chi connectivity index (χ1v) is 3.62. The molecule has 9 N–H and O–H groups in total. The number of alkyl halides is 3. The molecule has 0 atom stereocenters. The Labute approximate surface area is 93.4 Å². The van der Waals surface area contributed by atoms with Crippen LogP contribution in [0.2, 0.25) is 0 Å². The van der Waals surface area contributed by atoms with Crippen LogP contribution in [0.4, 0.5) is 13.2 Å². The Morgan fingerprint density at radius 1 is 1.00 bits per heavy atom. The minimum Gasteiger partial charge on any atom is -0.475 e. The van der Waals surface area contributed by atoms with E-state index in [1.165, 1.54) is 0 Å². The maximum absolute atomic E-state index is 10.6.